The molecule has 1 aliphatic heterocycles. The Labute approximate surface area is 82.6 Å². The maximum absolute atomic E-state index is 4.24. The number of nitrogens with zero attached hydrogens (tertiary/aromatic N) is 1. The number of hydrogen-bond donors (Lipinski definition) is 2. The number of aromatic nitrogens is 1. The van der Waals surface area contributed by atoms with Gasteiger partial charge in [-0.2, -0.15) is 0 Å². The summed E-state index contributed by atoms with van der Waals surface area (Å²) in [4.78, 5) is 4.24. The molecule has 2 heterocycles. The quantitative estimate of drug-likeness (QED) is 0.758. The first-order valence-electron chi connectivity index (χ1n) is 4.63. The van der Waals surface area contributed by atoms with Gasteiger partial charge in [-0.3, -0.25) is 0 Å². The van der Waals surface area contributed by atoms with Gasteiger partial charge in [0, 0.05) is 30.2 Å². The molecule has 0 spiro atoms. The van der Waals surface area contributed by atoms with Gasteiger partial charge in [0.05, 0.1) is 0 Å². The number of hydrogen-bond acceptors (Lipinski definition) is 4. The topological polar surface area (TPSA) is 37.0 Å². The highest BCUT2D eigenvalue weighted by Gasteiger charge is 2.27. The zero-order valence-corrected chi connectivity index (χ0v) is 8.66. The summed E-state index contributed by atoms with van der Waals surface area (Å²) < 4.78 is 0. The molecule has 1 atom stereocenters. The molecule has 3 nitrogen and oxygen atoms in total. The minimum atomic E-state index is 0.270. The van der Waals surface area contributed by atoms with Crippen molar-refractivity contribution in [1.29, 1.82) is 0 Å². The molecule has 0 aliphatic carbocycles. The molecule has 0 amide bonds. The van der Waals surface area contributed by atoms with E-state index in [0.29, 0.717) is 0 Å². The molecule has 1 aromatic rings. The lowest BCUT2D eigenvalue weighted by Crippen LogP contribution is -2.43. The van der Waals surface area contributed by atoms with E-state index in [4.69, 9.17) is 0 Å². The second-order valence-corrected chi connectivity index (χ2v) is 4.75. The fourth-order valence-electron chi connectivity index (χ4n) is 1.60. The first-order valence-corrected chi connectivity index (χ1v) is 5.51. The van der Waals surface area contributed by atoms with E-state index < -0.39 is 0 Å². The molecular weight excluding hydrogens is 182 g/mol. The molecule has 1 aliphatic rings. The van der Waals surface area contributed by atoms with Crippen LogP contribution in [-0.2, 0) is 6.54 Å². The Kier molecular flexibility index (Phi) is 2.62. The van der Waals surface area contributed by atoms with Crippen LogP contribution in [0.1, 0.15) is 18.4 Å². The zero-order valence-electron chi connectivity index (χ0n) is 7.84. The van der Waals surface area contributed by atoms with Crippen LogP contribution in [0.2, 0.25) is 0 Å². The lowest BCUT2D eigenvalue weighted by atomic mass is 10.0. The van der Waals surface area contributed by atoms with Crippen molar-refractivity contribution in [3.63, 3.8) is 0 Å². The number of nitrogens with one attached hydrogen (secondary N) is 2. The molecule has 4 heteroatoms. The van der Waals surface area contributed by atoms with Gasteiger partial charge in [-0.05, 0) is 19.9 Å². The smallest absolute Gasteiger partial charge is 0.106 e. The summed E-state index contributed by atoms with van der Waals surface area (Å²) in [6, 6.07) is 0. The van der Waals surface area contributed by atoms with Gasteiger partial charge in [0.15, 0.2) is 0 Å². The maximum atomic E-state index is 4.24. The first-order chi connectivity index (χ1) is 6.29. The van der Waals surface area contributed by atoms with Crippen LogP contribution in [0.15, 0.2) is 11.6 Å². The molecule has 0 bridgehead atoms. The second-order valence-electron chi connectivity index (χ2n) is 3.77. The fraction of sp³-hybridized carbons (Fsp3) is 0.667. The van der Waals surface area contributed by atoms with Crippen molar-refractivity contribution in [2.75, 3.05) is 13.1 Å². The highest BCUT2D eigenvalue weighted by molar-refractivity contribution is 7.09. The highest BCUT2D eigenvalue weighted by atomic mass is 32.1. The van der Waals surface area contributed by atoms with E-state index in [2.05, 4.69) is 22.5 Å². The number of rotatable bonds is 3. The monoisotopic (exact) mass is 197 g/mol. The van der Waals surface area contributed by atoms with Crippen molar-refractivity contribution in [1.82, 2.24) is 15.6 Å². The predicted molar refractivity (Wildman–Crippen MR) is 54.8 cm³/mol. The van der Waals surface area contributed by atoms with Gasteiger partial charge in [0.1, 0.15) is 5.01 Å². The molecule has 0 saturated carbocycles. The van der Waals surface area contributed by atoms with Crippen LogP contribution in [0.3, 0.4) is 0 Å². The van der Waals surface area contributed by atoms with Crippen LogP contribution >= 0.6 is 11.3 Å². The molecule has 1 saturated heterocycles. The van der Waals surface area contributed by atoms with Crippen molar-refractivity contribution in [3.8, 4) is 0 Å². The molecule has 1 unspecified atom stereocenters. The molecule has 2 N–H and O–H groups in total. The Morgan fingerprint density at radius 3 is 3.31 bits per heavy atom. The molecule has 13 heavy (non-hydrogen) atoms. The first kappa shape index (κ1) is 9.12. The SMILES string of the molecule is CC1(NCc2nccs2)CCNC1. The Bertz CT molecular complexity index is 252. The zero-order chi connectivity index (χ0) is 9.15. The van der Waals surface area contributed by atoms with Crippen LogP contribution in [-0.4, -0.2) is 23.6 Å². The Morgan fingerprint density at radius 1 is 1.77 bits per heavy atom. The van der Waals surface area contributed by atoms with Crippen LogP contribution < -0.4 is 10.6 Å². The molecule has 0 aromatic carbocycles. The second kappa shape index (κ2) is 3.74. The van der Waals surface area contributed by atoms with Gasteiger partial charge in [-0.25, -0.2) is 4.98 Å². The van der Waals surface area contributed by atoms with Crippen LogP contribution in [0, 0.1) is 0 Å². The molecule has 1 fully saturated rings. The minimum absolute atomic E-state index is 0.270. The molecule has 0 radical (unpaired) electrons. The van der Waals surface area contributed by atoms with Gasteiger partial charge in [-0.1, -0.05) is 0 Å². The third kappa shape index (κ3) is 2.27. The molecule has 72 valence electrons. The van der Waals surface area contributed by atoms with Crippen LogP contribution in [0.25, 0.3) is 0 Å². The third-order valence-corrected chi connectivity index (χ3v) is 3.30. The van der Waals surface area contributed by atoms with E-state index in [-0.39, 0.29) is 5.54 Å². The third-order valence-electron chi connectivity index (χ3n) is 2.52. The van der Waals surface area contributed by atoms with Gasteiger partial charge in [0.25, 0.3) is 0 Å². The predicted octanol–water partition coefficient (Wildman–Crippen LogP) is 0.985. The van der Waals surface area contributed by atoms with Gasteiger partial charge in [-0.15, -0.1) is 11.3 Å². The standard InChI is InChI=1S/C9H15N3S/c1-9(2-3-10-7-9)12-6-8-11-4-5-13-8/h4-5,10,12H,2-3,6-7H2,1H3. The normalized spacial score (nSPS) is 28.1. The van der Waals surface area contributed by atoms with E-state index in [1.165, 1.54) is 11.4 Å². The maximum Gasteiger partial charge on any atom is 0.106 e. The molecule has 2 rings (SSSR count). The Hall–Kier alpha value is -0.450. The summed E-state index contributed by atoms with van der Waals surface area (Å²) in [5, 5.41) is 10.1. The number of thiazole rings is 1. The van der Waals surface area contributed by atoms with E-state index >= 15 is 0 Å². The van der Waals surface area contributed by atoms with Crippen molar-refractivity contribution >= 4 is 11.3 Å². The summed E-state index contributed by atoms with van der Waals surface area (Å²) in [5.41, 5.74) is 0.270. The van der Waals surface area contributed by atoms with E-state index in [9.17, 15) is 0 Å². The average molecular weight is 197 g/mol. The Balaban J connectivity index is 1.85. The molecule has 1 aromatic heterocycles. The summed E-state index contributed by atoms with van der Waals surface area (Å²) in [6.07, 6.45) is 3.06. The summed E-state index contributed by atoms with van der Waals surface area (Å²) >= 11 is 1.71. The van der Waals surface area contributed by atoms with Crippen molar-refractivity contribution in [2.24, 2.45) is 0 Å². The summed E-state index contributed by atoms with van der Waals surface area (Å²) in [6.45, 7) is 5.36. The van der Waals surface area contributed by atoms with E-state index in [1.807, 2.05) is 11.6 Å². The average Bonchev–Trinajstić information content (AvgIpc) is 2.72. The van der Waals surface area contributed by atoms with Crippen LogP contribution in [0.4, 0.5) is 0 Å². The summed E-state index contributed by atoms with van der Waals surface area (Å²) in [7, 11) is 0. The van der Waals surface area contributed by atoms with Gasteiger partial charge < -0.3 is 10.6 Å². The lowest BCUT2D eigenvalue weighted by molar-refractivity contribution is 0.385. The van der Waals surface area contributed by atoms with Crippen molar-refractivity contribution in [2.45, 2.75) is 25.4 Å². The van der Waals surface area contributed by atoms with E-state index in [1.54, 1.807) is 11.3 Å². The van der Waals surface area contributed by atoms with Crippen molar-refractivity contribution in [3.05, 3.63) is 16.6 Å². The summed E-state index contributed by atoms with van der Waals surface area (Å²) in [5.74, 6) is 0. The minimum Gasteiger partial charge on any atom is -0.315 e. The highest BCUT2D eigenvalue weighted by Crippen LogP contribution is 2.14. The fourth-order valence-corrected chi connectivity index (χ4v) is 2.15. The largest absolute Gasteiger partial charge is 0.315 e. The van der Waals surface area contributed by atoms with E-state index in [0.717, 1.165) is 19.6 Å². The van der Waals surface area contributed by atoms with Gasteiger partial charge in [0.2, 0.25) is 0 Å². The van der Waals surface area contributed by atoms with Crippen molar-refractivity contribution < 1.29 is 0 Å². The Morgan fingerprint density at radius 2 is 2.69 bits per heavy atom. The molecular formula is C9H15N3S. The van der Waals surface area contributed by atoms with Gasteiger partial charge >= 0.3 is 0 Å². The van der Waals surface area contributed by atoms with Crippen LogP contribution in [0.5, 0.6) is 0 Å². The lowest BCUT2D eigenvalue weighted by Gasteiger charge is -2.23.